The van der Waals surface area contributed by atoms with Crippen LogP contribution in [-0.4, -0.2) is 33.1 Å². The Hall–Kier alpha value is -1.21. The van der Waals surface area contributed by atoms with Gasteiger partial charge in [-0.3, -0.25) is 0 Å². The first-order valence-electron chi connectivity index (χ1n) is 5.95. The SMILES string of the molecule is COC(C)c1nsc(NC2(C(=O)O)CCCC2)n1. The predicted molar refractivity (Wildman–Crippen MR) is 67.8 cm³/mol. The second-order valence-corrected chi connectivity index (χ2v) is 5.31. The minimum Gasteiger partial charge on any atom is -0.480 e. The van der Waals surface area contributed by atoms with E-state index in [1.54, 1.807) is 7.11 Å². The highest BCUT2D eigenvalue weighted by molar-refractivity contribution is 7.09. The molecule has 0 amide bonds. The highest BCUT2D eigenvalue weighted by Crippen LogP contribution is 2.34. The van der Waals surface area contributed by atoms with E-state index in [-0.39, 0.29) is 6.10 Å². The first-order chi connectivity index (χ1) is 8.57. The molecule has 0 spiro atoms. The van der Waals surface area contributed by atoms with Gasteiger partial charge in [0.1, 0.15) is 11.6 Å². The van der Waals surface area contributed by atoms with Crippen molar-refractivity contribution in [1.29, 1.82) is 0 Å². The molecule has 1 atom stereocenters. The molecule has 0 radical (unpaired) electrons. The standard InChI is InChI=1S/C11H17N3O3S/c1-7(17-2)8-12-10(18-14-8)13-11(9(15)16)5-3-4-6-11/h7H,3-6H2,1-2H3,(H,15,16)(H,12,13,14). The summed E-state index contributed by atoms with van der Waals surface area (Å²) >= 11 is 1.18. The maximum Gasteiger partial charge on any atom is 0.329 e. The van der Waals surface area contributed by atoms with Gasteiger partial charge in [-0.1, -0.05) is 12.8 Å². The molecule has 1 aromatic heterocycles. The number of aromatic nitrogens is 2. The summed E-state index contributed by atoms with van der Waals surface area (Å²) in [5.41, 5.74) is -0.868. The van der Waals surface area contributed by atoms with Gasteiger partial charge in [-0.25, -0.2) is 9.78 Å². The molecule has 1 unspecified atom stereocenters. The van der Waals surface area contributed by atoms with Gasteiger partial charge in [-0.05, 0) is 19.8 Å². The molecule has 1 aliphatic rings. The monoisotopic (exact) mass is 271 g/mol. The maximum atomic E-state index is 11.4. The van der Waals surface area contributed by atoms with Gasteiger partial charge in [0.2, 0.25) is 5.13 Å². The number of rotatable bonds is 5. The van der Waals surface area contributed by atoms with Crippen LogP contribution in [0.5, 0.6) is 0 Å². The topological polar surface area (TPSA) is 84.3 Å². The average Bonchev–Trinajstić information content (AvgIpc) is 2.98. The Bertz CT molecular complexity index is 429. The van der Waals surface area contributed by atoms with Crippen molar-refractivity contribution in [3.05, 3.63) is 5.82 Å². The third kappa shape index (κ3) is 2.46. The molecular weight excluding hydrogens is 254 g/mol. The number of hydrogen-bond acceptors (Lipinski definition) is 6. The second-order valence-electron chi connectivity index (χ2n) is 4.56. The second kappa shape index (κ2) is 5.19. The Kier molecular flexibility index (Phi) is 3.82. The molecule has 1 heterocycles. The van der Waals surface area contributed by atoms with Crippen LogP contribution in [0, 0.1) is 0 Å². The van der Waals surface area contributed by atoms with Gasteiger partial charge < -0.3 is 15.2 Å². The number of anilines is 1. The van der Waals surface area contributed by atoms with Crippen LogP contribution in [-0.2, 0) is 9.53 Å². The van der Waals surface area contributed by atoms with Crippen molar-refractivity contribution >= 4 is 22.6 Å². The van der Waals surface area contributed by atoms with Crippen molar-refractivity contribution in [2.75, 3.05) is 12.4 Å². The van der Waals surface area contributed by atoms with Gasteiger partial charge in [-0.15, -0.1) is 0 Å². The Morgan fingerprint density at radius 3 is 2.78 bits per heavy atom. The predicted octanol–water partition coefficient (Wildman–Crippen LogP) is 2.05. The Balaban J connectivity index is 2.12. The lowest BCUT2D eigenvalue weighted by atomic mass is 9.98. The number of carboxylic acid groups (broad SMARTS) is 1. The third-order valence-electron chi connectivity index (χ3n) is 3.37. The van der Waals surface area contributed by atoms with Crippen molar-refractivity contribution in [3.63, 3.8) is 0 Å². The van der Waals surface area contributed by atoms with E-state index in [0.717, 1.165) is 12.8 Å². The van der Waals surface area contributed by atoms with Crippen LogP contribution >= 0.6 is 11.5 Å². The molecule has 100 valence electrons. The molecule has 0 saturated heterocycles. The van der Waals surface area contributed by atoms with Crippen LogP contribution in [0.25, 0.3) is 0 Å². The summed E-state index contributed by atoms with van der Waals surface area (Å²) in [6.45, 7) is 1.86. The van der Waals surface area contributed by atoms with Gasteiger partial charge in [0.25, 0.3) is 0 Å². The fourth-order valence-corrected chi connectivity index (χ4v) is 2.88. The van der Waals surface area contributed by atoms with Crippen molar-refractivity contribution in [1.82, 2.24) is 9.36 Å². The van der Waals surface area contributed by atoms with Crippen LogP contribution in [0.4, 0.5) is 5.13 Å². The van der Waals surface area contributed by atoms with E-state index < -0.39 is 11.5 Å². The summed E-state index contributed by atoms with van der Waals surface area (Å²) in [7, 11) is 1.59. The molecule has 0 bridgehead atoms. The number of carbonyl (C=O) groups is 1. The Morgan fingerprint density at radius 1 is 1.56 bits per heavy atom. The summed E-state index contributed by atoms with van der Waals surface area (Å²) in [5, 5.41) is 13.0. The van der Waals surface area contributed by atoms with Crippen molar-refractivity contribution < 1.29 is 14.6 Å². The normalized spacial score (nSPS) is 19.7. The van der Waals surface area contributed by atoms with E-state index >= 15 is 0 Å². The molecule has 1 fully saturated rings. The summed E-state index contributed by atoms with van der Waals surface area (Å²) in [6, 6.07) is 0. The van der Waals surface area contributed by atoms with Gasteiger partial charge in [-0.2, -0.15) is 4.37 Å². The molecule has 7 heteroatoms. The fourth-order valence-electron chi connectivity index (χ4n) is 2.13. The first-order valence-corrected chi connectivity index (χ1v) is 6.73. The van der Waals surface area contributed by atoms with Gasteiger partial charge in [0.05, 0.1) is 0 Å². The maximum absolute atomic E-state index is 11.4. The Labute approximate surface area is 110 Å². The smallest absolute Gasteiger partial charge is 0.329 e. The van der Waals surface area contributed by atoms with Crippen LogP contribution in [0.2, 0.25) is 0 Å². The van der Waals surface area contributed by atoms with Crippen LogP contribution in [0.1, 0.15) is 44.5 Å². The first kappa shape index (κ1) is 13.2. The van der Waals surface area contributed by atoms with Crippen molar-refractivity contribution in [2.24, 2.45) is 0 Å². The lowest BCUT2D eigenvalue weighted by molar-refractivity contribution is -0.142. The quantitative estimate of drug-likeness (QED) is 0.852. The summed E-state index contributed by atoms with van der Waals surface area (Å²) in [4.78, 5) is 15.7. The highest BCUT2D eigenvalue weighted by atomic mass is 32.1. The fraction of sp³-hybridized carbons (Fsp3) is 0.727. The zero-order valence-corrected chi connectivity index (χ0v) is 11.3. The van der Waals surface area contributed by atoms with Crippen LogP contribution in [0.15, 0.2) is 0 Å². The van der Waals surface area contributed by atoms with Gasteiger partial charge >= 0.3 is 5.97 Å². The molecule has 6 nitrogen and oxygen atoms in total. The lowest BCUT2D eigenvalue weighted by Crippen LogP contribution is -2.43. The molecule has 0 aromatic carbocycles. The number of nitrogens with zero attached hydrogens (tertiary/aromatic N) is 2. The number of carboxylic acids is 1. The van der Waals surface area contributed by atoms with E-state index in [1.165, 1.54) is 11.5 Å². The number of methoxy groups -OCH3 is 1. The summed E-state index contributed by atoms with van der Waals surface area (Å²) < 4.78 is 9.30. The van der Waals surface area contributed by atoms with E-state index in [4.69, 9.17) is 4.74 Å². The van der Waals surface area contributed by atoms with Crippen molar-refractivity contribution in [2.45, 2.75) is 44.2 Å². The van der Waals surface area contributed by atoms with Gasteiger partial charge in [0.15, 0.2) is 5.82 Å². The Morgan fingerprint density at radius 2 is 2.22 bits per heavy atom. The minimum atomic E-state index is -0.868. The molecule has 0 aliphatic heterocycles. The number of aliphatic carboxylic acids is 1. The van der Waals surface area contributed by atoms with E-state index in [1.807, 2.05) is 6.92 Å². The van der Waals surface area contributed by atoms with E-state index in [9.17, 15) is 9.90 Å². The van der Waals surface area contributed by atoms with E-state index in [0.29, 0.717) is 23.8 Å². The highest BCUT2D eigenvalue weighted by Gasteiger charge is 2.42. The third-order valence-corrected chi connectivity index (χ3v) is 4.02. The molecule has 1 aliphatic carbocycles. The van der Waals surface area contributed by atoms with Gasteiger partial charge in [0, 0.05) is 18.6 Å². The molecule has 2 rings (SSSR count). The van der Waals surface area contributed by atoms with E-state index in [2.05, 4.69) is 14.7 Å². The molecule has 1 aromatic rings. The molecule has 18 heavy (non-hydrogen) atoms. The van der Waals surface area contributed by atoms with Crippen LogP contribution < -0.4 is 5.32 Å². The zero-order valence-electron chi connectivity index (χ0n) is 10.5. The van der Waals surface area contributed by atoms with Crippen LogP contribution in [0.3, 0.4) is 0 Å². The number of hydrogen-bond donors (Lipinski definition) is 2. The largest absolute Gasteiger partial charge is 0.480 e. The molecule has 2 N–H and O–H groups in total. The lowest BCUT2D eigenvalue weighted by Gasteiger charge is -2.24. The zero-order chi connectivity index (χ0) is 13.2. The summed E-state index contributed by atoms with van der Waals surface area (Å²) in [5.74, 6) is -0.222. The summed E-state index contributed by atoms with van der Waals surface area (Å²) in [6.07, 6.45) is 2.95. The van der Waals surface area contributed by atoms with Crippen molar-refractivity contribution in [3.8, 4) is 0 Å². The molecule has 1 saturated carbocycles. The average molecular weight is 271 g/mol. The minimum absolute atomic E-state index is 0.179. The number of ether oxygens (including phenoxy) is 1. The number of nitrogens with one attached hydrogen (secondary N) is 1. The molecular formula is C11H17N3O3S.